The number of anilines is 1. The first-order valence-corrected chi connectivity index (χ1v) is 9.41. The Bertz CT molecular complexity index is 1200. The van der Waals surface area contributed by atoms with E-state index in [0.29, 0.717) is 29.4 Å². The number of benzene rings is 2. The molecule has 158 valence electrons. The topological polar surface area (TPSA) is 82.2 Å². The molecule has 0 bridgehead atoms. The summed E-state index contributed by atoms with van der Waals surface area (Å²) < 4.78 is 38.7. The average molecular weight is 424 g/mol. The fraction of sp³-hybridized carbons (Fsp3) is 0.136. The highest BCUT2D eigenvalue weighted by Crippen LogP contribution is 2.19. The van der Waals surface area contributed by atoms with E-state index in [0.717, 1.165) is 5.56 Å². The molecule has 0 atom stereocenters. The number of carbonyl (C=O) groups excluding carboxylic acids is 1. The van der Waals surface area contributed by atoms with Gasteiger partial charge in [-0.2, -0.15) is 5.10 Å². The molecule has 1 N–H and O–H groups in total. The van der Waals surface area contributed by atoms with Crippen LogP contribution in [0.2, 0.25) is 0 Å². The van der Waals surface area contributed by atoms with E-state index in [9.17, 15) is 13.6 Å². The van der Waals surface area contributed by atoms with Gasteiger partial charge < -0.3 is 14.6 Å². The van der Waals surface area contributed by atoms with Crippen LogP contribution in [0, 0.1) is 18.6 Å². The second-order valence-electron chi connectivity index (χ2n) is 6.79. The maximum atomic E-state index is 13.3. The van der Waals surface area contributed by atoms with Gasteiger partial charge in [-0.15, -0.1) is 0 Å². The lowest BCUT2D eigenvalue weighted by molar-refractivity contribution is 0.101. The van der Waals surface area contributed by atoms with Crippen LogP contribution in [0.15, 0.2) is 65.3 Å². The molecule has 0 unspecified atom stereocenters. The van der Waals surface area contributed by atoms with Crippen LogP contribution in [0.3, 0.4) is 0 Å². The largest absolute Gasteiger partial charge is 0.489 e. The van der Waals surface area contributed by atoms with Crippen LogP contribution < -0.4 is 10.1 Å². The zero-order valence-electron chi connectivity index (χ0n) is 16.5. The molecule has 31 heavy (non-hydrogen) atoms. The van der Waals surface area contributed by atoms with Gasteiger partial charge in [0.1, 0.15) is 29.8 Å². The van der Waals surface area contributed by atoms with Crippen molar-refractivity contribution in [1.29, 1.82) is 0 Å². The second kappa shape index (κ2) is 8.78. The Kier molecular flexibility index (Phi) is 5.74. The van der Waals surface area contributed by atoms with Gasteiger partial charge in [-0.3, -0.25) is 9.48 Å². The lowest BCUT2D eigenvalue weighted by Crippen LogP contribution is -2.16. The highest BCUT2D eigenvalue weighted by molar-refractivity contribution is 6.03. The van der Waals surface area contributed by atoms with E-state index in [-0.39, 0.29) is 18.1 Å². The van der Waals surface area contributed by atoms with Crippen molar-refractivity contribution < 1.29 is 22.8 Å². The van der Waals surface area contributed by atoms with Crippen molar-refractivity contribution in [2.75, 3.05) is 5.32 Å². The lowest BCUT2D eigenvalue weighted by atomic mass is 10.2. The highest BCUT2D eigenvalue weighted by atomic mass is 19.1. The Labute approximate surface area is 176 Å². The number of halogens is 2. The monoisotopic (exact) mass is 424 g/mol. The van der Waals surface area contributed by atoms with Gasteiger partial charge in [0.2, 0.25) is 0 Å². The summed E-state index contributed by atoms with van der Waals surface area (Å²) in [7, 11) is 0. The summed E-state index contributed by atoms with van der Waals surface area (Å²) in [6.45, 7) is 2.07. The zero-order chi connectivity index (χ0) is 21.8. The first-order valence-electron chi connectivity index (χ1n) is 9.41. The van der Waals surface area contributed by atoms with Crippen molar-refractivity contribution >= 4 is 11.7 Å². The minimum atomic E-state index is -0.512. The van der Waals surface area contributed by atoms with Gasteiger partial charge in [-0.1, -0.05) is 23.4 Å². The maximum absolute atomic E-state index is 13.3. The maximum Gasteiger partial charge on any atom is 0.279 e. The number of nitrogens with zero attached hydrogens (tertiary/aromatic N) is 3. The van der Waals surface area contributed by atoms with Crippen molar-refractivity contribution in [2.45, 2.75) is 20.1 Å². The smallest absolute Gasteiger partial charge is 0.279 e. The van der Waals surface area contributed by atoms with Crippen molar-refractivity contribution in [2.24, 2.45) is 0 Å². The van der Waals surface area contributed by atoms with E-state index < -0.39 is 11.7 Å². The van der Waals surface area contributed by atoms with E-state index in [1.54, 1.807) is 42.1 Å². The molecule has 0 aliphatic heterocycles. The number of ether oxygens (including phenoxy) is 1. The number of carbonyl (C=O) groups is 1. The van der Waals surface area contributed by atoms with Gasteiger partial charge >= 0.3 is 0 Å². The number of amides is 1. The first-order chi connectivity index (χ1) is 15.0. The fourth-order valence-corrected chi connectivity index (χ4v) is 2.92. The molecule has 7 nitrogen and oxygen atoms in total. The molecule has 2 aromatic heterocycles. The Balaban J connectivity index is 1.42. The SMILES string of the molecule is Cc1onc(C(=O)Nc2ccn(Cc3ccc(F)cc3)n2)c1COc1cccc(F)c1. The molecule has 2 heterocycles. The second-order valence-corrected chi connectivity index (χ2v) is 6.79. The molecule has 4 aromatic rings. The third-order valence-electron chi connectivity index (χ3n) is 4.52. The van der Waals surface area contributed by atoms with Crippen molar-refractivity contribution in [1.82, 2.24) is 14.9 Å². The number of aryl methyl sites for hydroxylation is 1. The summed E-state index contributed by atoms with van der Waals surface area (Å²) in [5.41, 5.74) is 1.38. The molecule has 0 saturated heterocycles. The summed E-state index contributed by atoms with van der Waals surface area (Å²) in [6.07, 6.45) is 1.70. The fourth-order valence-electron chi connectivity index (χ4n) is 2.92. The number of nitrogens with one attached hydrogen (secondary N) is 1. The van der Waals surface area contributed by atoms with Crippen LogP contribution in [-0.4, -0.2) is 20.8 Å². The van der Waals surface area contributed by atoms with E-state index in [1.165, 1.54) is 30.3 Å². The number of hydrogen-bond donors (Lipinski definition) is 1. The van der Waals surface area contributed by atoms with Gasteiger partial charge in [0.05, 0.1) is 12.1 Å². The molecular formula is C22H18F2N4O3. The Morgan fingerprint density at radius 1 is 1.13 bits per heavy atom. The Morgan fingerprint density at radius 3 is 2.71 bits per heavy atom. The van der Waals surface area contributed by atoms with E-state index in [4.69, 9.17) is 9.26 Å². The molecule has 9 heteroatoms. The van der Waals surface area contributed by atoms with Crippen LogP contribution in [0.1, 0.15) is 27.4 Å². The van der Waals surface area contributed by atoms with Crippen LogP contribution >= 0.6 is 0 Å². The molecule has 0 aliphatic rings. The summed E-state index contributed by atoms with van der Waals surface area (Å²) in [6, 6.07) is 13.4. The van der Waals surface area contributed by atoms with Gasteiger partial charge in [-0.05, 0) is 36.8 Å². The molecule has 0 saturated carbocycles. The standard InChI is InChI=1S/C22H18F2N4O3/c1-14-19(13-30-18-4-2-3-17(24)11-18)21(27-31-14)22(29)25-20-9-10-28(26-20)12-15-5-7-16(23)8-6-15/h2-11H,12-13H2,1H3,(H,25,26,29). The zero-order valence-corrected chi connectivity index (χ0v) is 16.5. The van der Waals surface area contributed by atoms with Crippen LogP contribution in [0.4, 0.5) is 14.6 Å². The van der Waals surface area contributed by atoms with Crippen molar-refractivity contribution in [3.05, 3.63) is 95.0 Å². The molecule has 0 radical (unpaired) electrons. The van der Waals surface area contributed by atoms with Crippen molar-refractivity contribution in [3.63, 3.8) is 0 Å². The molecule has 0 aliphatic carbocycles. The van der Waals surface area contributed by atoms with E-state index in [2.05, 4.69) is 15.6 Å². The summed E-state index contributed by atoms with van der Waals surface area (Å²) in [5, 5.41) is 10.8. The highest BCUT2D eigenvalue weighted by Gasteiger charge is 2.21. The minimum absolute atomic E-state index is 0.0133. The van der Waals surface area contributed by atoms with Crippen LogP contribution in [-0.2, 0) is 13.2 Å². The minimum Gasteiger partial charge on any atom is -0.489 e. The third-order valence-corrected chi connectivity index (χ3v) is 4.52. The van der Waals surface area contributed by atoms with Crippen molar-refractivity contribution in [3.8, 4) is 5.75 Å². The molecule has 0 spiro atoms. The molecular weight excluding hydrogens is 406 g/mol. The van der Waals surface area contributed by atoms with Gasteiger partial charge in [0, 0.05) is 18.3 Å². The third kappa shape index (κ3) is 4.95. The molecule has 1 amide bonds. The Morgan fingerprint density at radius 2 is 1.94 bits per heavy atom. The Hall–Kier alpha value is -4.01. The van der Waals surface area contributed by atoms with Crippen LogP contribution in [0.5, 0.6) is 5.75 Å². The average Bonchev–Trinajstić information content (AvgIpc) is 3.34. The quantitative estimate of drug-likeness (QED) is 0.477. The summed E-state index contributed by atoms with van der Waals surface area (Å²) in [4.78, 5) is 12.7. The molecule has 2 aromatic carbocycles. The number of hydrogen-bond acceptors (Lipinski definition) is 5. The van der Waals surface area contributed by atoms with Gasteiger partial charge in [0.15, 0.2) is 11.5 Å². The normalized spacial score (nSPS) is 10.8. The predicted octanol–water partition coefficient (Wildman–Crippen LogP) is 4.34. The van der Waals surface area contributed by atoms with E-state index >= 15 is 0 Å². The first kappa shape index (κ1) is 20.3. The number of rotatable bonds is 7. The van der Waals surface area contributed by atoms with Crippen LogP contribution in [0.25, 0.3) is 0 Å². The summed E-state index contributed by atoms with van der Waals surface area (Å²) in [5.74, 6) is -0.174. The summed E-state index contributed by atoms with van der Waals surface area (Å²) >= 11 is 0. The number of aromatic nitrogens is 3. The molecule has 0 fully saturated rings. The van der Waals surface area contributed by atoms with Gasteiger partial charge in [0.25, 0.3) is 5.91 Å². The molecule has 4 rings (SSSR count). The van der Waals surface area contributed by atoms with E-state index in [1.807, 2.05) is 0 Å². The van der Waals surface area contributed by atoms with Gasteiger partial charge in [-0.25, -0.2) is 8.78 Å². The lowest BCUT2D eigenvalue weighted by Gasteiger charge is -2.07. The predicted molar refractivity (Wildman–Crippen MR) is 108 cm³/mol.